The van der Waals surface area contributed by atoms with Crippen LogP contribution >= 0.6 is 11.8 Å². The van der Waals surface area contributed by atoms with Gasteiger partial charge in [0.1, 0.15) is 18.0 Å². The van der Waals surface area contributed by atoms with E-state index in [2.05, 4.69) is 10.3 Å². The van der Waals surface area contributed by atoms with Crippen molar-refractivity contribution in [1.82, 2.24) is 5.32 Å². The van der Waals surface area contributed by atoms with Crippen LogP contribution in [0.2, 0.25) is 0 Å². The summed E-state index contributed by atoms with van der Waals surface area (Å²) in [4.78, 5) is 14.0. The Balaban J connectivity index is 3.19. The lowest BCUT2D eigenvalue weighted by molar-refractivity contribution is -0.384. The van der Waals surface area contributed by atoms with Crippen LogP contribution < -0.4 is 10.1 Å². The third-order valence-electron chi connectivity index (χ3n) is 2.10. The van der Waals surface area contributed by atoms with Gasteiger partial charge in [0.25, 0.3) is 12.1 Å². The average molecular weight is 316 g/mol. The first-order valence-corrected chi connectivity index (χ1v) is 6.67. The number of hydrogen-bond donors (Lipinski definition) is 1. The van der Waals surface area contributed by atoms with Gasteiger partial charge in [-0.2, -0.15) is 5.26 Å². The van der Waals surface area contributed by atoms with Crippen LogP contribution in [-0.2, 0) is 0 Å². The lowest BCUT2D eigenvalue weighted by Crippen LogP contribution is -2.13. The summed E-state index contributed by atoms with van der Waals surface area (Å²) in [6.07, 6.45) is 0.589. The number of aliphatic imine (C=N–C) groups is 1. The van der Waals surface area contributed by atoms with Crippen LogP contribution in [0.1, 0.15) is 0 Å². The van der Waals surface area contributed by atoms with Crippen molar-refractivity contribution in [3.8, 4) is 11.9 Å². The van der Waals surface area contributed by atoms with E-state index in [1.807, 2.05) is 0 Å². The van der Waals surface area contributed by atoms with Gasteiger partial charge in [-0.15, -0.1) is 0 Å². The zero-order valence-corrected chi connectivity index (χ0v) is 11.6. The molecule has 0 fully saturated rings. The van der Waals surface area contributed by atoms with E-state index in [1.54, 1.807) is 12.4 Å². The Morgan fingerprint density at radius 1 is 1.67 bits per heavy atom. The molecular weight excluding hydrogens is 306 g/mol. The topological polar surface area (TPSA) is 101 Å². The summed E-state index contributed by atoms with van der Waals surface area (Å²) in [5.74, 6) is -0.0350. The van der Waals surface area contributed by atoms with Crippen LogP contribution in [0, 0.1) is 21.6 Å². The molecule has 21 heavy (non-hydrogen) atoms. The molecule has 0 unspecified atom stereocenters. The third kappa shape index (κ3) is 5.23. The van der Waals surface area contributed by atoms with Gasteiger partial charge in [0, 0.05) is 12.1 Å². The number of nitro groups is 1. The third-order valence-corrected chi connectivity index (χ3v) is 2.68. The monoisotopic (exact) mass is 316 g/mol. The summed E-state index contributed by atoms with van der Waals surface area (Å²) < 4.78 is 29.2. The number of hydrogen-bond acceptors (Lipinski definition) is 6. The number of benzene rings is 1. The predicted octanol–water partition coefficient (Wildman–Crippen LogP) is 2.66. The number of thioether (sulfide) groups is 1. The molecule has 1 N–H and O–H groups in total. The van der Waals surface area contributed by atoms with Gasteiger partial charge < -0.3 is 4.74 Å². The molecule has 0 spiro atoms. The van der Waals surface area contributed by atoms with Crippen LogP contribution in [0.15, 0.2) is 23.2 Å². The number of nitro benzene ring substituents is 1. The van der Waals surface area contributed by atoms with E-state index in [-0.39, 0.29) is 22.3 Å². The van der Waals surface area contributed by atoms with Gasteiger partial charge in [-0.05, 0) is 12.3 Å². The summed E-state index contributed by atoms with van der Waals surface area (Å²) in [5, 5.41) is 21.7. The van der Waals surface area contributed by atoms with Crippen molar-refractivity contribution >= 4 is 28.3 Å². The van der Waals surface area contributed by atoms with Crippen LogP contribution in [0.4, 0.5) is 20.2 Å². The molecule has 0 radical (unpaired) electrons. The number of alkyl halides is 2. The van der Waals surface area contributed by atoms with Crippen LogP contribution in [0.3, 0.4) is 0 Å². The van der Waals surface area contributed by atoms with E-state index in [4.69, 9.17) is 10.00 Å². The molecule has 0 saturated heterocycles. The normalized spacial score (nSPS) is 11.1. The largest absolute Gasteiger partial charge is 0.485 e. The van der Waals surface area contributed by atoms with Gasteiger partial charge in [0.15, 0.2) is 11.4 Å². The number of ether oxygens (including phenoxy) is 1. The summed E-state index contributed by atoms with van der Waals surface area (Å²) in [5.41, 5.74) is -0.285. The Kier molecular flexibility index (Phi) is 6.35. The zero-order valence-electron chi connectivity index (χ0n) is 10.7. The molecule has 0 saturated carbocycles. The SMILES string of the molecule is CSC(=Nc1cc([N+](=O)[O-])ccc1OCC(F)F)NC#N. The molecule has 1 aromatic rings. The highest BCUT2D eigenvalue weighted by atomic mass is 32.2. The van der Waals surface area contributed by atoms with Gasteiger partial charge in [0.05, 0.1) is 4.92 Å². The number of halogens is 2. The number of nitrogens with one attached hydrogen (secondary N) is 1. The highest BCUT2D eigenvalue weighted by molar-refractivity contribution is 8.13. The number of rotatable bonds is 5. The van der Waals surface area contributed by atoms with Crippen molar-refractivity contribution in [3.63, 3.8) is 0 Å². The Morgan fingerprint density at radius 3 is 2.90 bits per heavy atom. The summed E-state index contributed by atoms with van der Waals surface area (Å²) >= 11 is 1.08. The first-order chi connectivity index (χ1) is 9.97. The van der Waals surface area contributed by atoms with Gasteiger partial charge in [-0.3, -0.25) is 15.4 Å². The second-order valence-electron chi connectivity index (χ2n) is 3.47. The second kappa shape index (κ2) is 8.01. The van der Waals surface area contributed by atoms with Crippen molar-refractivity contribution in [3.05, 3.63) is 28.3 Å². The Morgan fingerprint density at radius 2 is 2.38 bits per heavy atom. The van der Waals surface area contributed by atoms with E-state index in [9.17, 15) is 18.9 Å². The van der Waals surface area contributed by atoms with E-state index in [0.29, 0.717) is 0 Å². The van der Waals surface area contributed by atoms with Crippen LogP contribution in [0.25, 0.3) is 0 Å². The fourth-order valence-corrected chi connectivity index (χ4v) is 1.60. The molecular formula is C11H10F2N4O3S. The standard InChI is InChI=1S/C11H10F2N4O3S/c1-21-11(15-6-14)16-8-4-7(17(18)19)2-3-9(8)20-5-10(12)13/h2-4,10H,5H2,1H3,(H,15,16). The molecule has 0 aromatic heterocycles. The maximum atomic E-state index is 12.2. The highest BCUT2D eigenvalue weighted by Crippen LogP contribution is 2.32. The Hall–Kier alpha value is -2.41. The van der Waals surface area contributed by atoms with Crippen molar-refractivity contribution in [2.45, 2.75) is 6.43 Å². The minimum absolute atomic E-state index is 0.0167. The van der Waals surface area contributed by atoms with Gasteiger partial charge >= 0.3 is 0 Å². The van der Waals surface area contributed by atoms with Gasteiger partial charge in [-0.25, -0.2) is 13.8 Å². The minimum atomic E-state index is -2.69. The Labute approximate surface area is 122 Å². The number of amidine groups is 1. The lowest BCUT2D eigenvalue weighted by Gasteiger charge is -2.09. The van der Waals surface area contributed by atoms with E-state index >= 15 is 0 Å². The molecule has 112 valence electrons. The molecule has 0 atom stereocenters. The van der Waals surface area contributed by atoms with Gasteiger partial charge in [-0.1, -0.05) is 11.8 Å². The molecule has 10 heteroatoms. The summed E-state index contributed by atoms with van der Waals surface area (Å²) in [6.45, 7) is -0.861. The predicted molar refractivity (Wildman–Crippen MR) is 74.0 cm³/mol. The summed E-state index contributed by atoms with van der Waals surface area (Å²) in [6, 6.07) is 3.38. The number of nitriles is 1. The van der Waals surface area contributed by atoms with Crippen molar-refractivity contribution < 1.29 is 18.4 Å². The van der Waals surface area contributed by atoms with Crippen LogP contribution in [0.5, 0.6) is 5.75 Å². The van der Waals surface area contributed by atoms with E-state index in [1.165, 1.54) is 6.07 Å². The second-order valence-corrected chi connectivity index (χ2v) is 4.26. The zero-order chi connectivity index (χ0) is 15.8. The maximum absolute atomic E-state index is 12.2. The molecule has 1 aromatic carbocycles. The molecule has 0 amide bonds. The van der Waals surface area contributed by atoms with E-state index in [0.717, 1.165) is 23.9 Å². The fourth-order valence-electron chi connectivity index (χ4n) is 1.26. The smallest absolute Gasteiger partial charge is 0.272 e. The maximum Gasteiger partial charge on any atom is 0.272 e. The Bertz CT molecular complexity index is 589. The molecule has 0 bridgehead atoms. The molecule has 0 aliphatic carbocycles. The number of non-ortho nitro benzene ring substituents is 1. The van der Waals surface area contributed by atoms with Crippen LogP contribution in [-0.4, -0.2) is 29.4 Å². The molecule has 0 heterocycles. The van der Waals surface area contributed by atoms with Crippen molar-refractivity contribution in [1.29, 1.82) is 5.26 Å². The first-order valence-electron chi connectivity index (χ1n) is 5.45. The van der Waals surface area contributed by atoms with E-state index < -0.39 is 18.0 Å². The molecule has 0 aliphatic rings. The molecule has 1 rings (SSSR count). The van der Waals surface area contributed by atoms with Gasteiger partial charge in [0.2, 0.25) is 0 Å². The van der Waals surface area contributed by atoms with Crippen molar-refractivity contribution in [2.24, 2.45) is 4.99 Å². The average Bonchev–Trinajstić information content (AvgIpc) is 2.44. The first kappa shape index (κ1) is 16.6. The van der Waals surface area contributed by atoms with Crippen molar-refractivity contribution in [2.75, 3.05) is 12.9 Å². The minimum Gasteiger partial charge on any atom is -0.485 e. The molecule has 7 nitrogen and oxygen atoms in total. The highest BCUT2D eigenvalue weighted by Gasteiger charge is 2.14. The summed E-state index contributed by atoms with van der Waals surface area (Å²) in [7, 11) is 0. The fraction of sp³-hybridized carbons (Fsp3) is 0.273. The molecule has 0 aliphatic heterocycles. The lowest BCUT2D eigenvalue weighted by atomic mass is 10.2. The quantitative estimate of drug-likeness (QED) is 0.224. The number of nitrogens with zero attached hydrogens (tertiary/aromatic N) is 3.